The Labute approximate surface area is 84.6 Å². The highest BCUT2D eigenvalue weighted by atomic mass is 16.2. The summed E-state index contributed by atoms with van der Waals surface area (Å²) in [5.74, 6) is 1.79. The third-order valence-corrected chi connectivity index (χ3v) is 4.39. The lowest BCUT2D eigenvalue weighted by atomic mass is 9.70. The number of carbonyl (C=O) groups is 1. The quantitative estimate of drug-likeness (QED) is 0.672. The van der Waals surface area contributed by atoms with Gasteiger partial charge in [0.25, 0.3) is 0 Å². The maximum Gasteiger partial charge on any atom is 0.226 e. The average molecular weight is 194 g/mol. The third-order valence-electron chi connectivity index (χ3n) is 4.39. The summed E-state index contributed by atoms with van der Waals surface area (Å²) in [7, 11) is 0. The van der Waals surface area contributed by atoms with Gasteiger partial charge in [0.05, 0.1) is 0 Å². The van der Waals surface area contributed by atoms with Crippen molar-refractivity contribution in [1.29, 1.82) is 0 Å². The molecule has 0 radical (unpaired) electrons. The van der Waals surface area contributed by atoms with Crippen LogP contribution < -0.4 is 10.6 Å². The number of carbonyl (C=O) groups excluding carboxylic acids is 1. The van der Waals surface area contributed by atoms with Crippen molar-refractivity contribution in [1.82, 2.24) is 10.6 Å². The maximum atomic E-state index is 11.9. The lowest BCUT2D eigenvalue weighted by molar-refractivity contribution is -0.134. The van der Waals surface area contributed by atoms with Gasteiger partial charge in [0.2, 0.25) is 5.91 Å². The van der Waals surface area contributed by atoms with Crippen molar-refractivity contribution >= 4 is 5.91 Å². The van der Waals surface area contributed by atoms with Crippen molar-refractivity contribution in [3.63, 3.8) is 0 Å². The monoisotopic (exact) mass is 194 g/mol. The van der Waals surface area contributed by atoms with Gasteiger partial charge in [-0.15, -0.1) is 0 Å². The van der Waals surface area contributed by atoms with Gasteiger partial charge in [0.1, 0.15) is 0 Å². The molecule has 0 aromatic rings. The molecule has 2 saturated carbocycles. The fraction of sp³-hybridized carbons (Fsp3) is 0.909. The fourth-order valence-electron chi connectivity index (χ4n) is 2.89. The van der Waals surface area contributed by atoms with Crippen LogP contribution in [0.2, 0.25) is 0 Å². The molecular formula is C11H18N2O. The molecule has 2 unspecified atom stereocenters. The topological polar surface area (TPSA) is 41.1 Å². The molecule has 1 saturated heterocycles. The summed E-state index contributed by atoms with van der Waals surface area (Å²) < 4.78 is 0. The summed E-state index contributed by atoms with van der Waals surface area (Å²) in [4.78, 5) is 11.9. The zero-order valence-corrected chi connectivity index (χ0v) is 8.68. The lowest BCUT2D eigenvalue weighted by Crippen LogP contribution is -2.45. The van der Waals surface area contributed by atoms with Crippen LogP contribution in [0.15, 0.2) is 0 Å². The Balaban J connectivity index is 1.56. The van der Waals surface area contributed by atoms with E-state index in [0.717, 1.165) is 37.8 Å². The molecule has 1 aliphatic heterocycles. The average Bonchev–Trinajstić information content (AvgIpc) is 2.62. The first kappa shape index (κ1) is 8.72. The van der Waals surface area contributed by atoms with E-state index in [-0.39, 0.29) is 5.41 Å². The van der Waals surface area contributed by atoms with E-state index >= 15 is 0 Å². The van der Waals surface area contributed by atoms with Crippen LogP contribution in [0.5, 0.6) is 0 Å². The van der Waals surface area contributed by atoms with Gasteiger partial charge in [-0.3, -0.25) is 4.79 Å². The molecule has 14 heavy (non-hydrogen) atoms. The molecule has 3 heteroatoms. The predicted octanol–water partition coefficient (Wildman–Crippen LogP) is 0.511. The van der Waals surface area contributed by atoms with Crippen LogP contribution in [-0.2, 0) is 4.79 Å². The van der Waals surface area contributed by atoms with E-state index in [1.165, 1.54) is 6.42 Å². The van der Waals surface area contributed by atoms with Gasteiger partial charge in [-0.25, -0.2) is 0 Å². The SMILES string of the molecule is CC1(C(=O)NC2C3CNCC32)CCC1. The number of amides is 1. The van der Waals surface area contributed by atoms with Crippen LogP contribution in [0, 0.1) is 17.3 Å². The largest absolute Gasteiger partial charge is 0.352 e. The van der Waals surface area contributed by atoms with Crippen LogP contribution >= 0.6 is 0 Å². The predicted molar refractivity (Wildman–Crippen MR) is 53.7 cm³/mol. The Bertz CT molecular complexity index is 262. The summed E-state index contributed by atoms with van der Waals surface area (Å²) in [6.45, 7) is 4.31. The first-order chi connectivity index (χ1) is 6.71. The van der Waals surface area contributed by atoms with Crippen molar-refractivity contribution in [3.8, 4) is 0 Å². The van der Waals surface area contributed by atoms with Crippen molar-refractivity contribution < 1.29 is 4.79 Å². The molecule has 0 bridgehead atoms. The van der Waals surface area contributed by atoms with Crippen LogP contribution in [0.3, 0.4) is 0 Å². The zero-order chi connectivity index (χ0) is 9.76. The zero-order valence-electron chi connectivity index (χ0n) is 8.68. The van der Waals surface area contributed by atoms with Crippen LogP contribution in [-0.4, -0.2) is 25.0 Å². The number of nitrogens with one attached hydrogen (secondary N) is 2. The summed E-state index contributed by atoms with van der Waals surface area (Å²) in [5, 5.41) is 6.56. The second kappa shape index (κ2) is 2.72. The first-order valence-corrected chi connectivity index (χ1v) is 5.72. The lowest BCUT2D eigenvalue weighted by Gasteiger charge is -2.36. The Hall–Kier alpha value is -0.570. The number of hydrogen-bond donors (Lipinski definition) is 2. The van der Waals surface area contributed by atoms with Gasteiger partial charge in [-0.1, -0.05) is 13.3 Å². The van der Waals surface area contributed by atoms with E-state index in [2.05, 4.69) is 17.6 Å². The molecule has 0 aromatic heterocycles. The Morgan fingerprint density at radius 2 is 2.00 bits per heavy atom. The molecule has 1 heterocycles. The number of hydrogen-bond acceptors (Lipinski definition) is 2. The molecule has 3 aliphatic rings. The highest BCUT2D eigenvalue weighted by molar-refractivity contribution is 5.83. The molecule has 0 spiro atoms. The summed E-state index contributed by atoms with van der Waals surface area (Å²) in [6, 6.07) is 0.501. The molecule has 78 valence electrons. The van der Waals surface area contributed by atoms with Gasteiger partial charge in [-0.2, -0.15) is 0 Å². The van der Waals surface area contributed by atoms with Crippen LogP contribution in [0.25, 0.3) is 0 Å². The van der Waals surface area contributed by atoms with Crippen LogP contribution in [0.4, 0.5) is 0 Å². The molecule has 3 fully saturated rings. The summed E-state index contributed by atoms with van der Waals surface area (Å²) in [6.07, 6.45) is 3.39. The molecule has 2 N–H and O–H groups in total. The molecule has 3 rings (SSSR count). The van der Waals surface area contributed by atoms with Crippen molar-refractivity contribution in [2.75, 3.05) is 13.1 Å². The Kier molecular flexibility index (Phi) is 1.69. The molecule has 2 aliphatic carbocycles. The first-order valence-electron chi connectivity index (χ1n) is 5.72. The van der Waals surface area contributed by atoms with E-state index in [9.17, 15) is 4.79 Å². The van der Waals surface area contributed by atoms with E-state index in [0.29, 0.717) is 11.9 Å². The van der Waals surface area contributed by atoms with Gasteiger partial charge in [0, 0.05) is 24.5 Å². The van der Waals surface area contributed by atoms with E-state index < -0.39 is 0 Å². The minimum Gasteiger partial charge on any atom is -0.352 e. The van der Waals surface area contributed by atoms with Gasteiger partial charge >= 0.3 is 0 Å². The van der Waals surface area contributed by atoms with Gasteiger partial charge in [0.15, 0.2) is 0 Å². The van der Waals surface area contributed by atoms with Crippen molar-refractivity contribution in [2.24, 2.45) is 17.3 Å². The fourth-order valence-corrected chi connectivity index (χ4v) is 2.89. The maximum absolute atomic E-state index is 11.9. The molecule has 0 aromatic carbocycles. The van der Waals surface area contributed by atoms with E-state index in [1.54, 1.807) is 0 Å². The summed E-state index contributed by atoms with van der Waals surface area (Å²) >= 11 is 0. The normalized spacial score (nSPS) is 42.5. The van der Waals surface area contributed by atoms with Gasteiger partial charge in [-0.05, 0) is 24.7 Å². The smallest absolute Gasteiger partial charge is 0.226 e. The molecule has 1 amide bonds. The standard InChI is InChI=1S/C11H18N2O/c1-11(3-2-4-11)10(14)13-9-7-5-12-6-8(7)9/h7-9,12H,2-6H2,1H3,(H,13,14). The molecule has 2 atom stereocenters. The highest BCUT2D eigenvalue weighted by Gasteiger charge is 2.55. The molecule has 3 nitrogen and oxygen atoms in total. The minimum absolute atomic E-state index is 0.0235. The second-order valence-electron chi connectivity index (χ2n) is 5.40. The highest BCUT2D eigenvalue weighted by Crippen LogP contribution is 2.45. The Morgan fingerprint density at radius 3 is 2.50 bits per heavy atom. The summed E-state index contributed by atoms with van der Waals surface area (Å²) in [5.41, 5.74) is -0.0235. The van der Waals surface area contributed by atoms with Crippen molar-refractivity contribution in [3.05, 3.63) is 0 Å². The minimum atomic E-state index is -0.0235. The second-order valence-corrected chi connectivity index (χ2v) is 5.40. The molecular weight excluding hydrogens is 176 g/mol. The van der Waals surface area contributed by atoms with Gasteiger partial charge < -0.3 is 10.6 Å². The van der Waals surface area contributed by atoms with Crippen molar-refractivity contribution in [2.45, 2.75) is 32.2 Å². The number of fused-ring (bicyclic) bond motifs is 1. The van der Waals surface area contributed by atoms with E-state index in [4.69, 9.17) is 0 Å². The van der Waals surface area contributed by atoms with Crippen LogP contribution in [0.1, 0.15) is 26.2 Å². The number of rotatable bonds is 2. The Morgan fingerprint density at radius 1 is 1.36 bits per heavy atom. The van der Waals surface area contributed by atoms with E-state index in [1.807, 2.05) is 0 Å². The third kappa shape index (κ3) is 1.11. The number of piperidine rings is 1.